The Morgan fingerprint density at radius 3 is 2.42 bits per heavy atom. The normalized spacial score (nSPS) is 11.8. The van der Waals surface area contributed by atoms with Gasteiger partial charge in [0.1, 0.15) is 11.5 Å². The number of aromatic nitrogens is 3. The molecule has 10 heteroatoms. The summed E-state index contributed by atoms with van der Waals surface area (Å²) in [5.41, 5.74) is 2.72. The summed E-state index contributed by atoms with van der Waals surface area (Å²) in [6.45, 7) is 1.94. The Bertz CT molecular complexity index is 1510. The Morgan fingerprint density at radius 1 is 1.03 bits per heavy atom. The molecule has 4 rings (SSSR count). The summed E-state index contributed by atoms with van der Waals surface area (Å²) in [5.74, 6) is -1.45. The van der Waals surface area contributed by atoms with Crippen LogP contribution in [-0.2, 0) is 22.5 Å². The fraction of sp³-hybridized carbons (Fsp3) is 0.250. The number of rotatable bonds is 9. The summed E-state index contributed by atoms with van der Waals surface area (Å²) in [7, 11) is 2.83. The number of benzene rings is 2. The molecule has 0 amide bonds. The van der Waals surface area contributed by atoms with E-state index in [2.05, 4.69) is 10.2 Å². The van der Waals surface area contributed by atoms with Crippen molar-refractivity contribution in [2.75, 3.05) is 14.2 Å². The first-order chi connectivity index (χ1) is 18.2. The lowest BCUT2D eigenvalue weighted by Gasteiger charge is -2.20. The summed E-state index contributed by atoms with van der Waals surface area (Å²) < 4.78 is 11.7. The van der Waals surface area contributed by atoms with Gasteiger partial charge in [-0.15, -0.1) is 0 Å². The van der Waals surface area contributed by atoms with Gasteiger partial charge in [-0.1, -0.05) is 6.07 Å². The second-order valence-electron chi connectivity index (χ2n) is 8.88. The van der Waals surface area contributed by atoms with Gasteiger partial charge in [-0.3, -0.25) is 14.7 Å². The molecule has 0 saturated heterocycles. The fourth-order valence-electron chi connectivity index (χ4n) is 4.51. The van der Waals surface area contributed by atoms with E-state index in [0.717, 1.165) is 5.56 Å². The van der Waals surface area contributed by atoms with Crippen molar-refractivity contribution in [2.24, 2.45) is 0 Å². The molecule has 0 radical (unpaired) electrons. The van der Waals surface area contributed by atoms with Gasteiger partial charge in [0.25, 0.3) is 5.56 Å². The Balaban J connectivity index is 1.78. The van der Waals surface area contributed by atoms with Crippen molar-refractivity contribution in [1.29, 1.82) is 0 Å². The van der Waals surface area contributed by atoms with Crippen molar-refractivity contribution >= 4 is 5.97 Å². The summed E-state index contributed by atoms with van der Waals surface area (Å²) in [5, 5.41) is 37.5. The standard InChI is InChI=1S/C28H29N3O7/c1-16-12-24(34)26(28(36)31(16)11-10-17-4-9-22(32)23(33)13-17)20(14-25(35)38-3)21-15-29-30-27(21)18-5-7-19(37-2)8-6-18/h4-9,12-13,15,20,32-34H,10-11,14H2,1-3H3,(H,29,30). The predicted octanol–water partition coefficient (Wildman–Crippen LogP) is 3.61. The second-order valence-corrected chi connectivity index (χ2v) is 8.88. The number of aryl methyl sites for hydroxylation is 2. The van der Waals surface area contributed by atoms with Crippen molar-refractivity contribution in [3.8, 4) is 34.3 Å². The minimum atomic E-state index is -0.852. The number of aromatic hydroxyl groups is 3. The minimum absolute atomic E-state index is 0.0470. The van der Waals surface area contributed by atoms with Crippen molar-refractivity contribution in [3.63, 3.8) is 0 Å². The number of carbonyl (C=O) groups excluding carboxylic acids is 1. The number of methoxy groups -OCH3 is 2. The number of phenolic OH excluding ortho intramolecular Hbond substituents is 2. The minimum Gasteiger partial charge on any atom is -0.507 e. The van der Waals surface area contributed by atoms with Gasteiger partial charge in [0.2, 0.25) is 0 Å². The number of carbonyl (C=O) groups is 1. The van der Waals surface area contributed by atoms with Crippen LogP contribution in [0, 0.1) is 6.92 Å². The average Bonchev–Trinajstić information content (AvgIpc) is 3.39. The molecule has 2 heterocycles. The van der Waals surface area contributed by atoms with E-state index < -0.39 is 17.4 Å². The Morgan fingerprint density at radius 2 is 1.76 bits per heavy atom. The number of esters is 1. The summed E-state index contributed by atoms with van der Waals surface area (Å²) in [6, 6.07) is 13.2. The molecule has 4 N–H and O–H groups in total. The smallest absolute Gasteiger partial charge is 0.306 e. The van der Waals surface area contributed by atoms with Crippen LogP contribution in [0.5, 0.6) is 23.0 Å². The van der Waals surface area contributed by atoms with Crippen LogP contribution in [0.2, 0.25) is 0 Å². The Kier molecular flexibility index (Phi) is 7.71. The monoisotopic (exact) mass is 519 g/mol. The maximum Gasteiger partial charge on any atom is 0.306 e. The summed E-state index contributed by atoms with van der Waals surface area (Å²) >= 11 is 0. The highest BCUT2D eigenvalue weighted by atomic mass is 16.5. The molecule has 4 aromatic rings. The molecule has 2 aromatic carbocycles. The van der Waals surface area contributed by atoms with Gasteiger partial charge in [0.15, 0.2) is 11.5 Å². The van der Waals surface area contributed by atoms with Crippen LogP contribution in [-0.4, -0.2) is 50.3 Å². The summed E-state index contributed by atoms with van der Waals surface area (Å²) in [4.78, 5) is 26.3. The van der Waals surface area contributed by atoms with Crippen molar-refractivity contribution in [3.05, 3.63) is 87.5 Å². The third-order valence-corrected chi connectivity index (χ3v) is 6.56. The van der Waals surface area contributed by atoms with Gasteiger partial charge in [-0.05, 0) is 61.4 Å². The molecule has 198 valence electrons. The molecule has 0 saturated carbocycles. The van der Waals surface area contributed by atoms with Crippen LogP contribution in [0.1, 0.15) is 34.7 Å². The lowest BCUT2D eigenvalue weighted by Crippen LogP contribution is -2.29. The maximum atomic E-state index is 13.8. The van der Waals surface area contributed by atoms with Crippen LogP contribution in [0.25, 0.3) is 11.3 Å². The number of ether oxygens (including phenoxy) is 2. The molecule has 2 aromatic heterocycles. The van der Waals surface area contributed by atoms with E-state index in [1.807, 2.05) is 12.1 Å². The molecule has 0 aliphatic heterocycles. The van der Waals surface area contributed by atoms with Crippen LogP contribution >= 0.6 is 0 Å². The molecule has 1 unspecified atom stereocenters. The van der Waals surface area contributed by atoms with Gasteiger partial charge in [0.05, 0.1) is 38.1 Å². The molecular formula is C28H29N3O7. The number of hydrogen-bond donors (Lipinski definition) is 4. The molecule has 0 aliphatic rings. The quantitative estimate of drug-likeness (QED) is 0.194. The second kappa shape index (κ2) is 11.1. The number of hydrogen-bond acceptors (Lipinski definition) is 8. The van der Waals surface area contributed by atoms with Crippen LogP contribution in [0.4, 0.5) is 0 Å². The molecule has 0 bridgehead atoms. The Labute approximate surface area is 218 Å². The van der Waals surface area contributed by atoms with Gasteiger partial charge in [-0.25, -0.2) is 0 Å². The highest BCUT2D eigenvalue weighted by molar-refractivity contribution is 5.73. The van der Waals surface area contributed by atoms with Crippen LogP contribution < -0.4 is 10.3 Å². The van der Waals surface area contributed by atoms with Gasteiger partial charge >= 0.3 is 5.97 Å². The first kappa shape index (κ1) is 26.3. The lowest BCUT2D eigenvalue weighted by molar-refractivity contribution is -0.140. The first-order valence-electron chi connectivity index (χ1n) is 11.9. The third-order valence-electron chi connectivity index (χ3n) is 6.56. The maximum absolute atomic E-state index is 13.8. The van der Waals surface area contributed by atoms with E-state index in [1.54, 1.807) is 32.2 Å². The molecule has 38 heavy (non-hydrogen) atoms. The molecule has 1 atom stereocenters. The van der Waals surface area contributed by atoms with Gasteiger partial charge in [0, 0.05) is 29.3 Å². The van der Waals surface area contributed by atoms with Gasteiger partial charge in [-0.2, -0.15) is 5.10 Å². The molecule has 0 spiro atoms. The first-order valence-corrected chi connectivity index (χ1v) is 11.9. The predicted molar refractivity (Wildman–Crippen MR) is 140 cm³/mol. The van der Waals surface area contributed by atoms with E-state index in [4.69, 9.17) is 9.47 Å². The van der Waals surface area contributed by atoms with Gasteiger partial charge < -0.3 is 29.4 Å². The highest BCUT2D eigenvalue weighted by Gasteiger charge is 2.29. The zero-order valence-electron chi connectivity index (χ0n) is 21.3. The van der Waals surface area contributed by atoms with Crippen LogP contribution in [0.3, 0.4) is 0 Å². The zero-order valence-corrected chi connectivity index (χ0v) is 21.3. The van der Waals surface area contributed by atoms with Crippen molar-refractivity contribution < 1.29 is 29.6 Å². The molecular weight excluding hydrogens is 490 g/mol. The number of nitrogens with one attached hydrogen (secondary N) is 1. The molecule has 0 fully saturated rings. The topological polar surface area (TPSA) is 147 Å². The third kappa shape index (κ3) is 5.34. The summed E-state index contributed by atoms with van der Waals surface area (Å²) in [6.07, 6.45) is 1.72. The number of nitrogens with zero attached hydrogens (tertiary/aromatic N) is 2. The SMILES string of the molecule is COC(=O)CC(c1cn[nH]c1-c1ccc(OC)cc1)c1c(O)cc(C)n(CCc2ccc(O)c(O)c2)c1=O. The van der Waals surface area contributed by atoms with Crippen molar-refractivity contribution in [2.45, 2.75) is 32.2 Å². The largest absolute Gasteiger partial charge is 0.507 e. The number of pyridine rings is 1. The van der Waals surface area contributed by atoms with E-state index in [-0.39, 0.29) is 35.8 Å². The van der Waals surface area contributed by atoms with E-state index in [1.165, 1.54) is 36.1 Å². The lowest BCUT2D eigenvalue weighted by atomic mass is 9.87. The molecule has 0 aliphatic carbocycles. The van der Waals surface area contributed by atoms with Crippen molar-refractivity contribution in [1.82, 2.24) is 14.8 Å². The fourth-order valence-corrected chi connectivity index (χ4v) is 4.51. The van der Waals surface area contributed by atoms with E-state index in [0.29, 0.717) is 34.7 Å². The van der Waals surface area contributed by atoms with E-state index >= 15 is 0 Å². The zero-order chi connectivity index (χ0) is 27.4. The number of phenols is 2. The average molecular weight is 520 g/mol. The van der Waals surface area contributed by atoms with Crippen LogP contribution in [0.15, 0.2) is 59.5 Å². The Hall–Kier alpha value is -4.73. The number of H-pyrrole nitrogens is 1. The van der Waals surface area contributed by atoms with E-state index in [9.17, 15) is 24.9 Å². The molecule has 10 nitrogen and oxygen atoms in total. The number of aromatic amines is 1. The highest BCUT2D eigenvalue weighted by Crippen LogP contribution is 2.37.